The second kappa shape index (κ2) is 7.48. The molecule has 1 N–H and O–H groups in total. The van der Waals surface area contributed by atoms with Gasteiger partial charge in [0.2, 0.25) is 0 Å². The number of ether oxygens (including phenoxy) is 1. The first-order valence-electron chi connectivity index (χ1n) is 6.50. The average Bonchev–Trinajstić information content (AvgIpc) is 2.90. The Morgan fingerprint density at radius 3 is 2.65 bits per heavy atom. The van der Waals surface area contributed by atoms with Crippen LogP contribution in [0, 0.1) is 0 Å². The molecule has 2 aromatic rings. The first kappa shape index (κ1) is 15.1. The van der Waals surface area contributed by atoms with E-state index in [1.165, 1.54) is 10.4 Å². The molecule has 0 saturated carbocycles. The lowest BCUT2D eigenvalue weighted by Crippen LogP contribution is -2.17. The monoisotopic (exact) mass is 307 g/mol. The van der Waals surface area contributed by atoms with Gasteiger partial charge in [-0.1, -0.05) is 36.4 Å². The largest absolute Gasteiger partial charge is 0.490 e. The molecular weight excluding hydrogens is 290 g/mol. The third-order valence-corrected chi connectivity index (χ3v) is 4.34. The number of nitrogens with one attached hydrogen (secondary N) is 1. The summed E-state index contributed by atoms with van der Waals surface area (Å²) in [4.78, 5) is 1.25. The van der Waals surface area contributed by atoms with E-state index in [9.17, 15) is 0 Å². The van der Waals surface area contributed by atoms with Crippen molar-refractivity contribution in [2.75, 3.05) is 6.61 Å². The third-order valence-electron chi connectivity index (χ3n) is 2.92. The molecule has 0 aliphatic heterocycles. The summed E-state index contributed by atoms with van der Waals surface area (Å²) in [5.74, 6) is 0.867. The van der Waals surface area contributed by atoms with Gasteiger partial charge in [-0.15, -0.1) is 11.3 Å². The summed E-state index contributed by atoms with van der Waals surface area (Å²) in [7, 11) is 0. The molecule has 1 heterocycles. The smallest absolute Gasteiger partial charge is 0.119 e. The molecule has 2 nitrogen and oxygen atoms in total. The number of hydrogen-bond donors (Lipinski definition) is 1. The lowest BCUT2D eigenvalue weighted by Gasteiger charge is -2.12. The summed E-state index contributed by atoms with van der Waals surface area (Å²) in [6.45, 7) is 7.13. The number of halogens is 1. The van der Waals surface area contributed by atoms with Gasteiger partial charge >= 0.3 is 0 Å². The third kappa shape index (κ3) is 4.37. The van der Waals surface area contributed by atoms with Crippen LogP contribution in [0.25, 0.3) is 0 Å². The van der Waals surface area contributed by atoms with Gasteiger partial charge in [0.1, 0.15) is 12.4 Å². The SMILES string of the molecule is C=CCOc1ccc(CNC(C)c2ccc(Cl)s2)cc1. The topological polar surface area (TPSA) is 21.3 Å². The van der Waals surface area contributed by atoms with Gasteiger partial charge in [-0.2, -0.15) is 0 Å². The average molecular weight is 308 g/mol. The van der Waals surface area contributed by atoms with Crippen LogP contribution in [0.4, 0.5) is 0 Å². The Labute approximate surface area is 129 Å². The van der Waals surface area contributed by atoms with Gasteiger partial charge in [0, 0.05) is 17.5 Å². The highest BCUT2D eigenvalue weighted by molar-refractivity contribution is 7.16. The minimum atomic E-state index is 0.296. The molecule has 0 saturated heterocycles. The van der Waals surface area contributed by atoms with Crippen molar-refractivity contribution < 1.29 is 4.74 Å². The summed E-state index contributed by atoms with van der Waals surface area (Å²) in [5.41, 5.74) is 1.23. The molecule has 0 bridgehead atoms. The van der Waals surface area contributed by atoms with Gasteiger partial charge < -0.3 is 10.1 Å². The van der Waals surface area contributed by atoms with Crippen molar-refractivity contribution in [3.05, 3.63) is 63.8 Å². The molecule has 20 heavy (non-hydrogen) atoms. The molecule has 0 radical (unpaired) electrons. The van der Waals surface area contributed by atoms with E-state index in [4.69, 9.17) is 16.3 Å². The van der Waals surface area contributed by atoms with E-state index in [0.717, 1.165) is 16.6 Å². The summed E-state index contributed by atoms with van der Waals surface area (Å²) in [6, 6.07) is 12.4. The van der Waals surface area contributed by atoms with E-state index < -0.39 is 0 Å². The number of thiophene rings is 1. The Hall–Kier alpha value is -1.29. The fourth-order valence-electron chi connectivity index (χ4n) is 1.79. The van der Waals surface area contributed by atoms with Crippen molar-refractivity contribution in [3.8, 4) is 5.75 Å². The van der Waals surface area contributed by atoms with E-state index in [-0.39, 0.29) is 0 Å². The fourth-order valence-corrected chi connectivity index (χ4v) is 2.88. The Balaban J connectivity index is 1.85. The van der Waals surface area contributed by atoms with Crippen molar-refractivity contribution in [2.45, 2.75) is 19.5 Å². The van der Waals surface area contributed by atoms with E-state index in [1.54, 1.807) is 17.4 Å². The van der Waals surface area contributed by atoms with Crippen LogP contribution in [0.15, 0.2) is 49.1 Å². The molecule has 0 fully saturated rings. The highest BCUT2D eigenvalue weighted by Gasteiger charge is 2.07. The molecular formula is C16H18ClNOS. The Kier molecular flexibility index (Phi) is 5.65. The highest BCUT2D eigenvalue weighted by Crippen LogP contribution is 2.26. The van der Waals surface area contributed by atoms with Gasteiger partial charge in [0.25, 0.3) is 0 Å². The van der Waals surface area contributed by atoms with Crippen LogP contribution in [-0.2, 0) is 6.54 Å². The molecule has 0 amide bonds. The van der Waals surface area contributed by atoms with Gasteiger partial charge in [-0.05, 0) is 36.8 Å². The summed E-state index contributed by atoms with van der Waals surface area (Å²) in [5, 5.41) is 3.49. The second-order valence-electron chi connectivity index (χ2n) is 4.49. The van der Waals surface area contributed by atoms with Crippen LogP contribution < -0.4 is 10.1 Å². The minimum absolute atomic E-state index is 0.296. The van der Waals surface area contributed by atoms with E-state index in [1.807, 2.05) is 18.2 Å². The van der Waals surface area contributed by atoms with Gasteiger partial charge in [-0.25, -0.2) is 0 Å². The van der Waals surface area contributed by atoms with Crippen LogP contribution >= 0.6 is 22.9 Å². The molecule has 1 aromatic heterocycles. The van der Waals surface area contributed by atoms with Crippen molar-refractivity contribution in [1.82, 2.24) is 5.32 Å². The maximum atomic E-state index is 5.95. The van der Waals surface area contributed by atoms with Crippen molar-refractivity contribution in [1.29, 1.82) is 0 Å². The van der Waals surface area contributed by atoms with Crippen molar-refractivity contribution in [2.24, 2.45) is 0 Å². The lowest BCUT2D eigenvalue weighted by molar-refractivity contribution is 0.363. The Morgan fingerprint density at radius 1 is 1.30 bits per heavy atom. The zero-order chi connectivity index (χ0) is 14.4. The van der Waals surface area contributed by atoms with E-state index in [2.05, 4.69) is 37.0 Å². The maximum Gasteiger partial charge on any atom is 0.119 e. The number of benzene rings is 1. The quantitative estimate of drug-likeness (QED) is 0.741. The second-order valence-corrected chi connectivity index (χ2v) is 6.23. The van der Waals surface area contributed by atoms with Crippen LogP contribution in [-0.4, -0.2) is 6.61 Å². The number of rotatable bonds is 7. The lowest BCUT2D eigenvalue weighted by atomic mass is 10.2. The zero-order valence-electron chi connectivity index (χ0n) is 11.4. The molecule has 0 aliphatic rings. The predicted molar refractivity (Wildman–Crippen MR) is 86.7 cm³/mol. The van der Waals surface area contributed by atoms with Crippen LogP contribution in [0.5, 0.6) is 5.75 Å². The molecule has 106 valence electrons. The van der Waals surface area contributed by atoms with Crippen LogP contribution in [0.3, 0.4) is 0 Å². The Bertz CT molecular complexity index is 550. The normalized spacial score (nSPS) is 12.1. The summed E-state index contributed by atoms with van der Waals surface area (Å²) in [6.07, 6.45) is 1.74. The number of hydrogen-bond acceptors (Lipinski definition) is 3. The molecule has 1 unspecified atom stereocenters. The van der Waals surface area contributed by atoms with E-state index in [0.29, 0.717) is 12.6 Å². The summed E-state index contributed by atoms with van der Waals surface area (Å²) >= 11 is 7.57. The minimum Gasteiger partial charge on any atom is -0.490 e. The molecule has 1 aromatic carbocycles. The van der Waals surface area contributed by atoms with E-state index >= 15 is 0 Å². The first-order valence-corrected chi connectivity index (χ1v) is 7.69. The molecule has 2 rings (SSSR count). The standard InChI is InChI=1S/C16H18ClNOS/c1-3-10-19-14-6-4-13(5-7-14)11-18-12(2)15-8-9-16(17)20-15/h3-9,12,18H,1,10-11H2,2H3. The van der Waals surface area contributed by atoms with Crippen molar-refractivity contribution >= 4 is 22.9 Å². The molecule has 0 aliphatic carbocycles. The molecule has 1 atom stereocenters. The van der Waals surface area contributed by atoms with Gasteiger partial charge in [-0.3, -0.25) is 0 Å². The Morgan fingerprint density at radius 2 is 2.05 bits per heavy atom. The van der Waals surface area contributed by atoms with Gasteiger partial charge in [0.05, 0.1) is 4.34 Å². The van der Waals surface area contributed by atoms with Crippen LogP contribution in [0.2, 0.25) is 4.34 Å². The van der Waals surface area contributed by atoms with Gasteiger partial charge in [0.15, 0.2) is 0 Å². The van der Waals surface area contributed by atoms with Crippen molar-refractivity contribution in [3.63, 3.8) is 0 Å². The maximum absolute atomic E-state index is 5.95. The highest BCUT2D eigenvalue weighted by atomic mass is 35.5. The molecule has 4 heteroatoms. The summed E-state index contributed by atoms with van der Waals surface area (Å²) < 4.78 is 6.29. The first-order chi connectivity index (χ1) is 9.69. The predicted octanol–water partition coefficient (Wildman–Crippen LogP) is 4.82. The fraction of sp³-hybridized carbons (Fsp3) is 0.250. The molecule has 0 spiro atoms. The zero-order valence-corrected chi connectivity index (χ0v) is 13.0. The van der Waals surface area contributed by atoms with Crippen LogP contribution in [0.1, 0.15) is 23.4 Å².